The third-order valence-corrected chi connectivity index (χ3v) is 2.21. The van der Waals surface area contributed by atoms with Crippen molar-refractivity contribution in [1.82, 2.24) is 10.3 Å². The van der Waals surface area contributed by atoms with E-state index in [0.29, 0.717) is 5.69 Å². The number of carbonyl (C=O) groups is 1. The van der Waals surface area contributed by atoms with E-state index in [1.807, 2.05) is 24.3 Å². The SMILES string of the molecule is O=C1[N]c2cnc3ccccc3c2N1. The standard InChI is InChI=1S/C10H6N3O/c14-10-12-8-5-11-7-4-2-1-3-6(7)9(8)13-10/h1-5H,(H,13,14). The van der Waals surface area contributed by atoms with Crippen LogP contribution < -0.4 is 10.6 Å². The number of nitrogens with one attached hydrogen (secondary N) is 1. The minimum atomic E-state index is -0.321. The fourth-order valence-electron chi connectivity index (χ4n) is 1.59. The largest absolute Gasteiger partial charge is 0.346 e. The van der Waals surface area contributed by atoms with Gasteiger partial charge < -0.3 is 5.32 Å². The molecule has 0 bridgehead atoms. The molecule has 4 nitrogen and oxygen atoms in total. The van der Waals surface area contributed by atoms with Crippen LogP contribution in [0.15, 0.2) is 30.5 Å². The molecule has 14 heavy (non-hydrogen) atoms. The highest BCUT2D eigenvalue weighted by atomic mass is 16.2. The maximum absolute atomic E-state index is 11.0. The van der Waals surface area contributed by atoms with Gasteiger partial charge >= 0.3 is 6.03 Å². The topological polar surface area (TPSA) is 56.1 Å². The summed E-state index contributed by atoms with van der Waals surface area (Å²) >= 11 is 0. The van der Waals surface area contributed by atoms with Crippen LogP contribution in [0, 0.1) is 0 Å². The lowest BCUT2D eigenvalue weighted by molar-refractivity contribution is 0.256. The van der Waals surface area contributed by atoms with Crippen LogP contribution in [0.25, 0.3) is 10.9 Å². The second-order valence-corrected chi connectivity index (χ2v) is 3.08. The van der Waals surface area contributed by atoms with Crippen LogP contribution in [0.1, 0.15) is 0 Å². The number of hydrogen-bond acceptors (Lipinski definition) is 2. The summed E-state index contributed by atoms with van der Waals surface area (Å²) in [7, 11) is 0. The second kappa shape index (κ2) is 2.45. The van der Waals surface area contributed by atoms with Crippen molar-refractivity contribution in [2.75, 3.05) is 5.32 Å². The van der Waals surface area contributed by atoms with E-state index in [9.17, 15) is 4.79 Å². The molecule has 2 heterocycles. The molecule has 0 spiro atoms. The van der Waals surface area contributed by atoms with Crippen LogP contribution in [-0.4, -0.2) is 11.0 Å². The van der Waals surface area contributed by atoms with Crippen molar-refractivity contribution in [1.29, 1.82) is 0 Å². The molecule has 2 aromatic rings. The van der Waals surface area contributed by atoms with Gasteiger partial charge in [0.25, 0.3) is 0 Å². The van der Waals surface area contributed by atoms with Gasteiger partial charge in [0.15, 0.2) is 0 Å². The van der Waals surface area contributed by atoms with Gasteiger partial charge in [-0.2, -0.15) is 5.32 Å². The van der Waals surface area contributed by atoms with E-state index in [-0.39, 0.29) is 6.03 Å². The summed E-state index contributed by atoms with van der Waals surface area (Å²) in [6, 6.07) is 7.32. The molecule has 1 aromatic carbocycles. The third kappa shape index (κ3) is 0.877. The number of pyridine rings is 1. The number of urea groups is 1. The molecular formula is C10H6N3O. The highest BCUT2D eigenvalue weighted by molar-refractivity contribution is 6.11. The molecule has 1 aliphatic rings. The number of para-hydroxylation sites is 1. The average molecular weight is 184 g/mol. The molecule has 0 saturated heterocycles. The molecule has 1 aliphatic heterocycles. The van der Waals surface area contributed by atoms with Crippen molar-refractivity contribution in [3.63, 3.8) is 0 Å². The summed E-state index contributed by atoms with van der Waals surface area (Å²) < 4.78 is 0. The minimum absolute atomic E-state index is 0.321. The van der Waals surface area contributed by atoms with Gasteiger partial charge in [0.2, 0.25) is 0 Å². The fraction of sp³-hybridized carbons (Fsp3) is 0. The highest BCUT2D eigenvalue weighted by Crippen LogP contribution is 2.33. The Morgan fingerprint density at radius 1 is 1.21 bits per heavy atom. The maximum atomic E-state index is 11.0. The Labute approximate surface area is 80.0 Å². The van der Waals surface area contributed by atoms with Crippen molar-refractivity contribution in [3.05, 3.63) is 30.5 Å². The monoisotopic (exact) mass is 184 g/mol. The van der Waals surface area contributed by atoms with Crippen LogP contribution in [-0.2, 0) is 0 Å². The van der Waals surface area contributed by atoms with E-state index < -0.39 is 0 Å². The van der Waals surface area contributed by atoms with Gasteiger partial charge in [-0.3, -0.25) is 4.98 Å². The molecule has 0 fully saturated rings. The van der Waals surface area contributed by atoms with Crippen molar-refractivity contribution >= 4 is 28.3 Å². The number of rotatable bonds is 0. The van der Waals surface area contributed by atoms with Crippen molar-refractivity contribution in [2.45, 2.75) is 0 Å². The van der Waals surface area contributed by atoms with Gasteiger partial charge in [-0.15, -0.1) is 0 Å². The lowest BCUT2D eigenvalue weighted by atomic mass is 10.2. The fourth-order valence-corrected chi connectivity index (χ4v) is 1.59. The molecule has 0 saturated carbocycles. The van der Waals surface area contributed by atoms with Gasteiger partial charge in [-0.1, -0.05) is 18.2 Å². The van der Waals surface area contributed by atoms with Gasteiger partial charge in [0, 0.05) is 5.39 Å². The molecule has 0 atom stereocenters. The molecule has 3 rings (SSSR count). The van der Waals surface area contributed by atoms with Crippen LogP contribution in [0.4, 0.5) is 16.2 Å². The number of amides is 2. The summed E-state index contributed by atoms with van der Waals surface area (Å²) in [6.45, 7) is 0. The quantitative estimate of drug-likeness (QED) is 0.680. The number of nitrogens with zero attached hydrogens (tertiary/aromatic N) is 2. The zero-order valence-electron chi connectivity index (χ0n) is 7.19. The van der Waals surface area contributed by atoms with Gasteiger partial charge in [0.1, 0.15) is 5.69 Å². The first kappa shape index (κ1) is 7.32. The van der Waals surface area contributed by atoms with E-state index in [1.165, 1.54) is 0 Å². The molecule has 4 heteroatoms. The zero-order valence-corrected chi connectivity index (χ0v) is 7.19. The maximum Gasteiger partial charge on any atom is 0.346 e. The Hall–Kier alpha value is -2.10. The normalized spacial score (nSPS) is 13.6. The lowest BCUT2D eigenvalue weighted by Gasteiger charge is -2.00. The molecule has 0 aliphatic carbocycles. The van der Waals surface area contributed by atoms with Crippen molar-refractivity contribution < 1.29 is 4.79 Å². The van der Waals surface area contributed by atoms with Gasteiger partial charge in [0.05, 0.1) is 17.4 Å². The first-order valence-electron chi connectivity index (χ1n) is 4.25. The van der Waals surface area contributed by atoms with E-state index in [2.05, 4.69) is 15.6 Å². The van der Waals surface area contributed by atoms with E-state index in [4.69, 9.17) is 0 Å². The third-order valence-electron chi connectivity index (χ3n) is 2.21. The number of anilines is 1. The molecule has 1 N–H and O–H groups in total. The predicted octanol–water partition coefficient (Wildman–Crippen LogP) is 2.02. The van der Waals surface area contributed by atoms with Crippen molar-refractivity contribution in [2.24, 2.45) is 0 Å². The summed E-state index contributed by atoms with van der Waals surface area (Å²) in [6.07, 6.45) is 1.61. The van der Waals surface area contributed by atoms with Crippen LogP contribution in [0.2, 0.25) is 0 Å². The number of carbonyl (C=O) groups excluding carboxylic acids is 1. The van der Waals surface area contributed by atoms with Gasteiger partial charge in [-0.05, 0) is 6.07 Å². The summed E-state index contributed by atoms with van der Waals surface area (Å²) in [5.41, 5.74) is 2.25. The molecule has 1 radical (unpaired) electrons. The Balaban J connectivity index is 2.39. The molecule has 2 amide bonds. The smallest absolute Gasteiger partial charge is 0.303 e. The lowest BCUT2D eigenvalue weighted by Crippen LogP contribution is -2.08. The Bertz CT molecular complexity index is 536. The van der Waals surface area contributed by atoms with E-state index >= 15 is 0 Å². The van der Waals surface area contributed by atoms with Crippen molar-refractivity contribution in [3.8, 4) is 0 Å². The number of aromatic nitrogens is 1. The molecular weight excluding hydrogens is 178 g/mol. The van der Waals surface area contributed by atoms with Crippen LogP contribution in [0.5, 0.6) is 0 Å². The Morgan fingerprint density at radius 3 is 3.00 bits per heavy atom. The number of hydrogen-bond donors (Lipinski definition) is 1. The average Bonchev–Trinajstić information content (AvgIpc) is 2.59. The summed E-state index contributed by atoms with van der Waals surface area (Å²) in [4.78, 5) is 15.2. The van der Waals surface area contributed by atoms with E-state index in [1.54, 1.807) is 6.20 Å². The minimum Gasteiger partial charge on any atom is -0.303 e. The first-order valence-corrected chi connectivity index (χ1v) is 4.25. The second-order valence-electron chi connectivity index (χ2n) is 3.08. The molecule has 67 valence electrons. The predicted molar refractivity (Wildman–Crippen MR) is 52.6 cm³/mol. The van der Waals surface area contributed by atoms with Crippen LogP contribution in [0.3, 0.4) is 0 Å². The van der Waals surface area contributed by atoms with E-state index in [0.717, 1.165) is 16.6 Å². The highest BCUT2D eigenvalue weighted by Gasteiger charge is 2.21. The first-order chi connectivity index (χ1) is 6.84. The van der Waals surface area contributed by atoms with Gasteiger partial charge in [-0.25, -0.2) is 4.79 Å². The summed E-state index contributed by atoms with van der Waals surface area (Å²) in [5.74, 6) is 0. The number of fused-ring (bicyclic) bond motifs is 3. The number of benzene rings is 1. The Kier molecular flexibility index (Phi) is 1.28. The Morgan fingerprint density at radius 2 is 2.07 bits per heavy atom. The molecule has 1 aromatic heterocycles. The summed E-state index contributed by atoms with van der Waals surface area (Å²) in [5, 5.41) is 7.41. The van der Waals surface area contributed by atoms with Crippen LogP contribution >= 0.6 is 0 Å². The molecule has 0 unspecified atom stereocenters. The zero-order chi connectivity index (χ0) is 9.54.